The fourth-order valence-corrected chi connectivity index (χ4v) is 10.9. The lowest BCUT2D eigenvalue weighted by Gasteiger charge is -2.40. The first-order chi connectivity index (χ1) is 38.7. The van der Waals surface area contributed by atoms with Gasteiger partial charge in [0.1, 0.15) is 24.5 Å². The number of anilines is 3. The highest BCUT2D eigenvalue weighted by Crippen LogP contribution is 2.38. The van der Waals surface area contributed by atoms with E-state index in [1.807, 2.05) is 32.0 Å². The van der Waals surface area contributed by atoms with Crippen LogP contribution in [0.15, 0.2) is 36.5 Å². The van der Waals surface area contributed by atoms with Gasteiger partial charge in [0.25, 0.3) is 0 Å². The summed E-state index contributed by atoms with van der Waals surface area (Å²) < 4.78 is 23.0. The first-order valence-electron chi connectivity index (χ1n) is 31.9. The van der Waals surface area contributed by atoms with E-state index >= 15 is 0 Å². The van der Waals surface area contributed by atoms with Crippen LogP contribution in [0.5, 0.6) is 0 Å². The normalized spacial score (nSPS) is 15.1. The maximum atomic E-state index is 13.4. The third kappa shape index (κ3) is 32.9. The molecule has 0 spiro atoms. The molecule has 14 heteroatoms. The Morgan fingerprint density at radius 2 is 1.09 bits per heavy atom. The lowest BCUT2D eigenvalue weighted by molar-refractivity contribution is -0.168. The van der Waals surface area contributed by atoms with Gasteiger partial charge in [0.15, 0.2) is 6.10 Å². The van der Waals surface area contributed by atoms with E-state index in [-0.39, 0.29) is 87.2 Å². The van der Waals surface area contributed by atoms with Crippen molar-refractivity contribution in [2.24, 2.45) is 11.8 Å². The van der Waals surface area contributed by atoms with Crippen LogP contribution in [0.4, 0.5) is 17.1 Å². The highest BCUT2D eigenvalue weighted by molar-refractivity contribution is 6.29. The quantitative estimate of drug-likeness (QED) is 0.0278. The smallest absolute Gasteiger partial charge is 0.306 e. The first kappa shape index (κ1) is 69.9. The maximum Gasteiger partial charge on any atom is 0.306 e. The molecule has 2 unspecified atom stereocenters. The lowest BCUT2D eigenvalue weighted by atomic mass is 9.90. The van der Waals surface area contributed by atoms with E-state index in [4.69, 9.17) is 30.5 Å². The van der Waals surface area contributed by atoms with Crippen LogP contribution in [-0.4, -0.2) is 77.9 Å². The van der Waals surface area contributed by atoms with Gasteiger partial charge in [0.05, 0.1) is 29.7 Å². The number of pyridine rings is 1. The van der Waals surface area contributed by atoms with Crippen molar-refractivity contribution in [3.05, 3.63) is 47.2 Å². The topological polar surface area (TPSA) is 171 Å². The Bertz CT molecular complexity index is 1950. The Labute approximate surface area is 488 Å². The zero-order valence-electron chi connectivity index (χ0n) is 50.7. The number of halogens is 1. The van der Waals surface area contributed by atoms with Crippen molar-refractivity contribution in [3.8, 4) is 0 Å². The molecule has 0 amide bonds. The minimum atomic E-state index is -0.960. The average molecular weight is 1140 g/mol. The number of aliphatic carboxylic acids is 1. The number of carbonyl (C=O) groups excluding carboxylic acids is 4. The van der Waals surface area contributed by atoms with E-state index in [0.717, 1.165) is 80.5 Å². The molecule has 0 bridgehead atoms. The molecule has 1 heterocycles. The first-order valence-corrected chi connectivity index (χ1v) is 32.3. The summed E-state index contributed by atoms with van der Waals surface area (Å²) in [4.78, 5) is 70.7. The van der Waals surface area contributed by atoms with Gasteiger partial charge in [-0.15, -0.1) is 0 Å². The molecule has 2 atom stereocenters. The van der Waals surface area contributed by atoms with E-state index in [1.54, 1.807) is 12.3 Å². The van der Waals surface area contributed by atoms with E-state index < -0.39 is 18.0 Å². The Balaban J connectivity index is 1.49. The highest BCUT2D eigenvalue weighted by Gasteiger charge is 2.31. The number of benzene rings is 1. The molecule has 454 valence electrons. The summed E-state index contributed by atoms with van der Waals surface area (Å²) in [7, 11) is 0. The van der Waals surface area contributed by atoms with Gasteiger partial charge in [-0.25, -0.2) is 4.98 Å². The monoisotopic (exact) mass is 1140 g/mol. The predicted molar refractivity (Wildman–Crippen MR) is 325 cm³/mol. The van der Waals surface area contributed by atoms with Gasteiger partial charge in [-0.3, -0.25) is 24.0 Å². The van der Waals surface area contributed by atoms with Gasteiger partial charge in [-0.2, -0.15) is 0 Å². The number of nitrogens with one attached hydrogen (secondary N) is 1. The molecular formula is C66H108ClN3O10. The Morgan fingerprint density at radius 3 is 1.54 bits per heavy atom. The SMILES string of the molecule is CCCCCCCCCCCCCCCC(=O)OCC(COC(=O)CCCCCCCCCCCCCCC)OC(=O)CC(C)CC(=O)OC1CCC(N(CC(C)C)c2ccc(C(C)CC(=O)O)cc2Nc2ccc(Cl)nc2)CC1. The summed E-state index contributed by atoms with van der Waals surface area (Å²) in [5.41, 5.74) is 3.51. The Kier molecular flexibility index (Phi) is 37.8. The van der Waals surface area contributed by atoms with Gasteiger partial charge in [0.2, 0.25) is 0 Å². The molecule has 0 saturated heterocycles. The second-order valence-electron chi connectivity index (χ2n) is 23.7. The molecule has 80 heavy (non-hydrogen) atoms. The van der Waals surface area contributed by atoms with Crippen molar-refractivity contribution in [1.82, 2.24) is 4.98 Å². The number of nitrogens with zero attached hydrogens (tertiary/aromatic N) is 2. The van der Waals surface area contributed by atoms with Crippen LogP contribution < -0.4 is 10.2 Å². The fraction of sp³-hybridized carbons (Fsp3) is 0.758. The van der Waals surface area contributed by atoms with Gasteiger partial charge < -0.3 is 34.3 Å². The second kappa shape index (κ2) is 43.3. The molecule has 0 aliphatic heterocycles. The standard InChI is InChI=1S/C66H108ClN3O10/c1-7-9-11-13-15-17-19-21-23-25-27-29-31-33-63(73)77-49-58(50-78-64(74)34-32-30-28-26-24-22-20-18-16-14-12-10-8-2)80-66(76)44-52(5)43-65(75)79-57-39-37-56(38-40-57)70(48-51(3)4)60-41-35-54(53(6)45-62(71)72)46-59(60)69-55-36-42-61(67)68-47-55/h35-36,41-42,46-47,51-53,56-58,69H,7-34,37-40,43-45,48-50H2,1-6H3,(H,71,72). The molecule has 2 aromatic rings. The van der Waals surface area contributed by atoms with Crippen LogP contribution in [0.25, 0.3) is 0 Å². The number of hydrogen-bond donors (Lipinski definition) is 2. The van der Waals surface area contributed by atoms with Crippen molar-refractivity contribution in [2.75, 3.05) is 30.0 Å². The number of carbonyl (C=O) groups is 5. The summed E-state index contributed by atoms with van der Waals surface area (Å²) >= 11 is 6.11. The minimum Gasteiger partial charge on any atom is -0.481 e. The van der Waals surface area contributed by atoms with Gasteiger partial charge >= 0.3 is 29.8 Å². The highest BCUT2D eigenvalue weighted by atomic mass is 35.5. The van der Waals surface area contributed by atoms with Gasteiger partial charge in [0, 0.05) is 38.3 Å². The number of aromatic nitrogens is 1. The third-order valence-electron chi connectivity index (χ3n) is 15.5. The number of carboxylic acids is 1. The van der Waals surface area contributed by atoms with Gasteiger partial charge in [-0.05, 0) is 86.1 Å². The van der Waals surface area contributed by atoms with Crippen molar-refractivity contribution < 1.29 is 48.0 Å². The average Bonchev–Trinajstić information content (AvgIpc) is 3.48. The Hall–Kier alpha value is -4.39. The van der Waals surface area contributed by atoms with Crippen LogP contribution in [-0.2, 0) is 42.9 Å². The van der Waals surface area contributed by atoms with Crippen molar-refractivity contribution in [2.45, 2.75) is 290 Å². The second-order valence-corrected chi connectivity index (χ2v) is 24.1. The molecular weight excluding hydrogens is 1030 g/mol. The van der Waals surface area contributed by atoms with Crippen LogP contribution in [0.3, 0.4) is 0 Å². The zero-order chi connectivity index (χ0) is 58.2. The van der Waals surface area contributed by atoms with Crippen LogP contribution in [0.2, 0.25) is 5.15 Å². The predicted octanol–water partition coefficient (Wildman–Crippen LogP) is 17.8. The number of esters is 4. The van der Waals surface area contributed by atoms with Crippen molar-refractivity contribution in [1.29, 1.82) is 0 Å². The van der Waals surface area contributed by atoms with E-state index in [2.05, 4.69) is 49.0 Å². The summed E-state index contributed by atoms with van der Waals surface area (Å²) in [5.74, 6) is -2.75. The molecule has 1 saturated carbocycles. The Morgan fingerprint density at radius 1 is 0.613 bits per heavy atom. The third-order valence-corrected chi connectivity index (χ3v) is 15.7. The van der Waals surface area contributed by atoms with Gasteiger partial charge in [-0.1, -0.05) is 213 Å². The van der Waals surface area contributed by atoms with Crippen molar-refractivity contribution >= 4 is 58.5 Å². The summed E-state index contributed by atoms with van der Waals surface area (Å²) in [6, 6.07) is 9.87. The molecule has 1 aliphatic rings. The largest absolute Gasteiger partial charge is 0.481 e. The van der Waals surface area contributed by atoms with Crippen LogP contribution in [0, 0.1) is 11.8 Å². The minimum absolute atomic E-state index is 0.0134. The summed E-state index contributed by atoms with van der Waals surface area (Å²) in [6.45, 7) is 13.0. The van der Waals surface area contributed by atoms with E-state index in [0.29, 0.717) is 23.9 Å². The number of hydrogen-bond acceptors (Lipinski definition) is 12. The summed E-state index contributed by atoms with van der Waals surface area (Å²) in [5, 5.41) is 13.5. The maximum absolute atomic E-state index is 13.4. The number of unbranched alkanes of at least 4 members (excludes halogenated alkanes) is 24. The zero-order valence-corrected chi connectivity index (χ0v) is 51.4. The molecule has 13 nitrogen and oxygen atoms in total. The molecule has 1 aliphatic carbocycles. The van der Waals surface area contributed by atoms with Crippen LogP contribution >= 0.6 is 11.6 Å². The molecule has 0 radical (unpaired) electrons. The molecule has 2 N–H and O–H groups in total. The van der Waals surface area contributed by atoms with E-state index in [9.17, 15) is 29.1 Å². The molecule has 1 aromatic heterocycles. The molecule has 1 fully saturated rings. The lowest BCUT2D eigenvalue weighted by Crippen LogP contribution is -2.42. The number of rotatable bonds is 47. The van der Waals surface area contributed by atoms with Crippen LogP contribution in [0.1, 0.15) is 278 Å². The number of carboxylic acid groups (broad SMARTS) is 1. The molecule has 3 rings (SSSR count). The fourth-order valence-electron chi connectivity index (χ4n) is 10.8. The van der Waals surface area contributed by atoms with E-state index in [1.165, 1.54) is 128 Å². The molecule has 1 aromatic carbocycles. The van der Waals surface area contributed by atoms with Crippen molar-refractivity contribution in [3.63, 3.8) is 0 Å². The number of ether oxygens (including phenoxy) is 4. The summed E-state index contributed by atoms with van der Waals surface area (Å²) in [6.07, 6.45) is 35.4.